The fourth-order valence-corrected chi connectivity index (χ4v) is 1.90. The highest BCUT2D eigenvalue weighted by atomic mass is 16.5. The molecule has 0 spiro atoms. The average Bonchev–Trinajstić information content (AvgIpc) is 3.08. The average molecular weight is 231 g/mol. The van der Waals surface area contributed by atoms with Crippen LogP contribution in [0.15, 0.2) is 24.3 Å². The lowest BCUT2D eigenvalue weighted by atomic mass is 10.1. The van der Waals surface area contributed by atoms with Crippen LogP contribution in [-0.4, -0.2) is 11.7 Å². The Morgan fingerprint density at radius 1 is 1.47 bits per heavy atom. The van der Waals surface area contributed by atoms with Gasteiger partial charge in [-0.2, -0.15) is 5.26 Å². The summed E-state index contributed by atoms with van der Waals surface area (Å²) in [4.78, 5) is 0. The van der Waals surface area contributed by atoms with Gasteiger partial charge in [-0.15, -0.1) is 0 Å². The van der Waals surface area contributed by atoms with Crippen molar-refractivity contribution in [1.29, 1.82) is 5.26 Å². The van der Waals surface area contributed by atoms with Crippen LogP contribution in [0.1, 0.15) is 37.9 Å². The molecule has 0 bridgehead atoms. The third kappa shape index (κ3) is 2.78. The zero-order chi connectivity index (χ0) is 12.3. The van der Waals surface area contributed by atoms with Crippen molar-refractivity contribution in [3.63, 3.8) is 0 Å². The standard InChI is InChI=1S/C14H17NO2/c1-11(16)12-4-2-3-5-13(12)17-10-14(6-7-14)8-9-15/h2-5,11,16H,6-8,10H2,1H3. The maximum absolute atomic E-state index is 9.62. The summed E-state index contributed by atoms with van der Waals surface area (Å²) in [5.41, 5.74) is 0.876. The van der Waals surface area contributed by atoms with Crippen molar-refractivity contribution in [2.75, 3.05) is 6.61 Å². The van der Waals surface area contributed by atoms with Gasteiger partial charge in [0.15, 0.2) is 0 Å². The number of aliphatic hydroxyl groups is 1. The molecular weight excluding hydrogens is 214 g/mol. The number of aliphatic hydroxyl groups excluding tert-OH is 1. The third-order valence-electron chi connectivity index (χ3n) is 3.31. The molecular formula is C14H17NO2. The molecule has 0 amide bonds. The van der Waals surface area contributed by atoms with E-state index in [1.165, 1.54) is 0 Å². The molecule has 1 aromatic carbocycles. The van der Waals surface area contributed by atoms with E-state index >= 15 is 0 Å². The summed E-state index contributed by atoms with van der Waals surface area (Å²) in [6.07, 6.45) is 2.16. The normalized spacial score (nSPS) is 18.2. The van der Waals surface area contributed by atoms with E-state index in [1.807, 2.05) is 24.3 Å². The van der Waals surface area contributed by atoms with Gasteiger partial charge in [-0.05, 0) is 25.8 Å². The van der Waals surface area contributed by atoms with Crippen LogP contribution in [0, 0.1) is 16.7 Å². The molecule has 17 heavy (non-hydrogen) atoms. The maximum Gasteiger partial charge on any atom is 0.125 e. The van der Waals surface area contributed by atoms with Crippen LogP contribution in [0.3, 0.4) is 0 Å². The van der Waals surface area contributed by atoms with Crippen molar-refractivity contribution >= 4 is 0 Å². The summed E-state index contributed by atoms with van der Waals surface area (Å²) in [5, 5.41) is 18.4. The van der Waals surface area contributed by atoms with Crippen molar-refractivity contribution in [3.05, 3.63) is 29.8 Å². The van der Waals surface area contributed by atoms with Gasteiger partial charge in [-0.3, -0.25) is 0 Å². The van der Waals surface area contributed by atoms with Crippen LogP contribution in [-0.2, 0) is 0 Å². The highest BCUT2D eigenvalue weighted by Crippen LogP contribution is 2.48. The smallest absolute Gasteiger partial charge is 0.125 e. The Hall–Kier alpha value is -1.53. The molecule has 0 radical (unpaired) electrons. The first kappa shape index (κ1) is 11.9. The summed E-state index contributed by atoms with van der Waals surface area (Å²) in [6.45, 7) is 2.30. The number of benzene rings is 1. The molecule has 1 atom stereocenters. The molecule has 0 heterocycles. The van der Waals surface area contributed by atoms with Crippen LogP contribution >= 0.6 is 0 Å². The number of hydrogen-bond donors (Lipinski definition) is 1. The summed E-state index contributed by atoms with van der Waals surface area (Å²) < 4.78 is 5.77. The molecule has 0 saturated heterocycles. The largest absolute Gasteiger partial charge is 0.493 e. The molecule has 1 aliphatic carbocycles. The van der Waals surface area contributed by atoms with E-state index in [-0.39, 0.29) is 5.41 Å². The monoisotopic (exact) mass is 231 g/mol. The number of hydrogen-bond acceptors (Lipinski definition) is 3. The summed E-state index contributed by atoms with van der Waals surface area (Å²) in [6, 6.07) is 9.73. The lowest BCUT2D eigenvalue weighted by molar-refractivity contribution is 0.183. The van der Waals surface area contributed by atoms with E-state index in [2.05, 4.69) is 6.07 Å². The van der Waals surface area contributed by atoms with Gasteiger partial charge in [0.1, 0.15) is 5.75 Å². The summed E-state index contributed by atoms with van der Waals surface area (Å²) in [7, 11) is 0. The van der Waals surface area contributed by atoms with Crippen molar-refractivity contribution in [2.24, 2.45) is 5.41 Å². The summed E-state index contributed by atoms with van der Waals surface area (Å²) >= 11 is 0. The van der Waals surface area contributed by atoms with E-state index in [9.17, 15) is 5.11 Å². The van der Waals surface area contributed by atoms with Crippen LogP contribution < -0.4 is 4.74 Å². The summed E-state index contributed by atoms with van der Waals surface area (Å²) in [5.74, 6) is 0.728. The second kappa shape index (κ2) is 4.77. The Balaban J connectivity index is 2.02. The maximum atomic E-state index is 9.62. The predicted molar refractivity (Wildman–Crippen MR) is 64.5 cm³/mol. The molecule has 1 saturated carbocycles. The lowest BCUT2D eigenvalue weighted by Gasteiger charge is -2.16. The number of nitriles is 1. The second-order valence-electron chi connectivity index (χ2n) is 4.84. The van der Waals surface area contributed by atoms with Gasteiger partial charge < -0.3 is 9.84 Å². The molecule has 0 aliphatic heterocycles. The number of nitrogens with zero attached hydrogens (tertiary/aromatic N) is 1. The fraction of sp³-hybridized carbons (Fsp3) is 0.500. The molecule has 1 N–H and O–H groups in total. The second-order valence-corrected chi connectivity index (χ2v) is 4.84. The molecule has 3 nitrogen and oxygen atoms in total. The van der Waals surface area contributed by atoms with Crippen molar-refractivity contribution in [1.82, 2.24) is 0 Å². The quantitative estimate of drug-likeness (QED) is 0.847. The molecule has 1 aromatic rings. The van der Waals surface area contributed by atoms with E-state index in [4.69, 9.17) is 10.00 Å². The zero-order valence-corrected chi connectivity index (χ0v) is 10.0. The van der Waals surface area contributed by atoms with Gasteiger partial charge in [0, 0.05) is 17.4 Å². The van der Waals surface area contributed by atoms with Crippen LogP contribution in [0.4, 0.5) is 0 Å². The van der Waals surface area contributed by atoms with Gasteiger partial charge in [0.05, 0.1) is 18.8 Å². The van der Waals surface area contributed by atoms with Gasteiger partial charge >= 0.3 is 0 Å². The molecule has 2 rings (SSSR count). The minimum absolute atomic E-state index is 0.0700. The van der Waals surface area contributed by atoms with Gasteiger partial charge in [-0.25, -0.2) is 0 Å². The minimum Gasteiger partial charge on any atom is -0.493 e. The van der Waals surface area contributed by atoms with Gasteiger partial charge in [0.25, 0.3) is 0 Å². The van der Waals surface area contributed by atoms with E-state index in [0.29, 0.717) is 13.0 Å². The first-order valence-electron chi connectivity index (χ1n) is 5.94. The number of para-hydroxylation sites is 1. The molecule has 1 unspecified atom stereocenters. The van der Waals surface area contributed by atoms with Gasteiger partial charge in [0.2, 0.25) is 0 Å². The van der Waals surface area contributed by atoms with Crippen LogP contribution in [0.25, 0.3) is 0 Å². The third-order valence-corrected chi connectivity index (χ3v) is 3.31. The molecule has 0 aromatic heterocycles. The first-order valence-corrected chi connectivity index (χ1v) is 5.94. The topological polar surface area (TPSA) is 53.2 Å². The van der Waals surface area contributed by atoms with Crippen molar-refractivity contribution in [3.8, 4) is 11.8 Å². The highest BCUT2D eigenvalue weighted by molar-refractivity contribution is 5.34. The van der Waals surface area contributed by atoms with Crippen LogP contribution in [0.2, 0.25) is 0 Å². The fourth-order valence-electron chi connectivity index (χ4n) is 1.90. The Bertz CT molecular complexity index is 430. The predicted octanol–water partition coefficient (Wildman–Crippen LogP) is 2.81. The Labute approximate surface area is 102 Å². The Morgan fingerprint density at radius 3 is 2.76 bits per heavy atom. The SMILES string of the molecule is CC(O)c1ccccc1OCC1(CC#N)CC1. The number of ether oxygens (including phenoxy) is 1. The minimum atomic E-state index is -0.530. The van der Waals surface area contributed by atoms with E-state index in [1.54, 1.807) is 6.92 Å². The van der Waals surface area contributed by atoms with Crippen molar-refractivity contribution < 1.29 is 9.84 Å². The Kier molecular flexibility index (Phi) is 3.35. The Morgan fingerprint density at radius 2 is 2.18 bits per heavy atom. The van der Waals surface area contributed by atoms with Gasteiger partial charge in [-0.1, -0.05) is 18.2 Å². The first-order chi connectivity index (χ1) is 8.17. The molecule has 1 fully saturated rings. The molecule has 90 valence electrons. The number of rotatable bonds is 5. The van der Waals surface area contributed by atoms with E-state index in [0.717, 1.165) is 24.2 Å². The molecule has 3 heteroatoms. The van der Waals surface area contributed by atoms with E-state index < -0.39 is 6.10 Å². The highest BCUT2D eigenvalue weighted by Gasteiger charge is 2.43. The molecule has 1 aliphatic rings. The zero-order valence-electron chi connectivity index (χ0n) is 10.0. The lowest BCUT2D eigenvalue weighted by Crippen LogP contribution is -2.13. The van der Waals surface area contributed by atoms with Crippen LogP contribution in [0.5, 0.6) is 5.75 Å². The van der Waals surface area contributed by atoms with Crippen molar-refractivity contribution in [2.45, 2.75) is 32.3 Å².